The van der Waals surface area contributed by atoms with Crippen LogP contribution in [0.2, 0.25) is 0 Å². The molecular formula is C11H10N4OS2. The van der Waals surface area contributed by atoms with Gasteiger partial charge in [0.05, 0.1) is 24.6 Å². The molecule has 2 rings (SSSR count). The van der Waals surface area contributed by atoms with E-state index in [0.29, 0.717) is 10.9 Å². The summed E-state index contributed by atoms with van der Waals surface area (Å²) in [6.07, 6.45) is 0. The molecule has 0 saturated carbocycles. The van der Waals surface area contributed by atoms with Gasteiger partial charge in [0.25, 0.3) is 0 Å². The lowest BCUT2D eigenvalue weighted by Crippen LogP contribution is -1.93. The Morgan fingerprint density at radius 2 is 2.28 bits per heavy atom. The molecule has 0 atom stereocenters. The van der Waals surface area contributed by atoms with Gasteiger partial charge in [0.2, 0.25) is 5.13 Å². The van der Waals surface area contributed by atoms with Crippen LogP contribution in [0.1, 0.15) is 0 Å². The van der Waals surface area contributed by atoms with E-state index in [1.165, 1.54) is 23.1 Å². The summed E-state index contributed by atoms with van der Waals surface area (Å²) >= 11 is 2.78. The van der Waals surface area contributed by atoms with E-state index >= 15 is 0 Å². The average molecular weight is 278 g/mol. The number of ether oxygens (including phenoxy) is 1. The molecule has 1 N–H and O–H groups in total. The number of hydrogen-bond donors (Lipinski definition) is 1. The summed E-state index contributed by atoms with van der Waals surface area (Å²) in [5, 5.41) is 20.3. The van der Waals surface area contributed by atoms with Gasteiger partial charge in [-0.15, -0.1) is 10.2 Å². The lowest BCUT2D eigenvalue weighted by Gasteiger charge is -2.07. The number of nitriles is 1. The van der Waals surface area contributed by atoms with Crippen molar-refractivity contribution in [3.63, 3.8) is 0 Å². The van der Waals surface area contributed by atoms with Gasteiger partial charge >= 0.3 is 0 Å². The fourth-order valence-electron chi connectivity index (χ4n) is 1.28. The van der Waals surface area contributed by atoms with Crippen LogP contribution in [0.4, 0.5) is 10.8 Å². The van der Waals surface area contributed by atoms with Crippen molar-refractivity contribution in [2.24, 2.45) is 0 Å². The van der Waals surface area contributed by atoms with Gasteiger partial charge in [-0.1, -0.05) is 35.2 Å². The normalized spacial score (nSPS) is 9.78. The van der Waals surface area contributed by atoms with Crippen molar-refractivity contribution in [2.45, 2.75) is 4.34 Å². The van der Waals surface area contributed by atoms with E-state index in [0.717, 1.165) is 15.8 Å². The summed E-state index contributed by atoms with van der Waals surface area (Å²) in [5.74, 6) is 1.13. The highest BCUT2D eigenvalue weighted by molar-refractivity contribution is 8.01. The molecule has 2 aromatic rings. The highest BCUT2D eigenvalue weighted by Gasteiger charge is 2.07. The lowest BCUT2D eigenvalue weighted by molar-refractivity contribution is 0.417. The van der Waals surface area contributed by atoms with Crippen molar-refractivity contribution in [1.29, 1.82) is 5.26 Å². The topological polar surface area (TPSA) is 70.8 Å². The quantitative estimate of drug-likeness (QED) is 0.848. The summed E-state index contributed by atoms with van der Waals surface area (Å²) < 4.78 is 6.01. The minimum Gasteiger partial charge on any atom is -0.495 e. The lowest BCUT2D eigenvalue weighted by atomic mass is 10.3. The smallest absolute Gasteiger partial charge is 0.210 e. The standard InChI is InChI=1S/C11H10N4OS2/c1-16-9-5-3-2-4-8(9)13-10-14-15-11(18-10)17-7-6-12/h2-5H,7H2,1H3,(H,13,14). The van der Waals surface area contributed by atoms with E-state index in [2.05, 4.69) is 21.6 Å². The number of thioether (sulfide) groups is 1. The maximum Gasteiger partial charge on any atom is 0.210 e. The predicted octanol–water partition coefficient (Wildman–Crippen LogP) is 2.91. The first-order valence-electron chi connectivity index (χ1n) is 5.07. The van der Waals surface area contributed by atoms with Crippen molar-refractivity contribution < 1.29 is 4.74 Å². The number of nitrogens with zero attached hydrogens (tertiary/aromatic N) is 3. The predicted molar refractivity (Wildman–Crippen MR) is 72.5 cm³/mol. The SMILES string of the molecule is COc1ccccc1Nc1nnc(SCC#N)s1. The molecule has 0 fully saturated rings. The van der Waals surface area contributed by atoms with Gasteiger partial charge < -0.3 is 10.1 Å². The molecule has 1 heterocycles. The number of nitrogens with one attached hydrogen (secondary N) is 1. The van der Waals surface area contributed by atoms with Crippen LogP contribution in [0.3, 0.4) is 0 Å². The number of rotatable bonds is 5. The van der Waals surface area contributed by atoms with E-state index in [1.54, 1.807) is 7.11 Å². The zero-order chi connectivity index (χ0) is 12.8. The average Bonchev–Trinajstić information content (AvgIpc) is 2.84. The third-order valence-corrected chi connectivity index (χ3v) is 3.85. The molecule has 0 bridgehead atoms. The van der Waals surface area contributed by atoms with E-state index in [1.807, 2.05) is 24.3 Å². The second-order valence-corrected chi connectivity index (χ2v) is 5.35. The molecule has 92 valence electrons. The fraction of sp³-hybridized carbons (Fsp3) is 0.182. The number of para-hydroxylation sites is 2. The van der Waals surface area contributed by atoms with E-state index < -0.39 is 0 Å². The van der Waals surface area contributed by atoms with Gasteiger partial charge in [-0.05, 0) is 12.1 Å². The molecule has 0 aliphatic carbocycles. The molecule has 7 heteroatoms. The van der Waals surface area contributed by atoms with Crippen molar-refractivity contribution in [3.05, 3.63) is 24.3 Å². The van der Waals surface area contributed by atoms with Gasteiger partial charge in [-0.2, -0.15) is 5.26 Å². The Bertz CT molecular complexity index is 564. The van der Waals surface area contributed by atoms with Crippen molar-refractivity contribution in [1.82, 2.24) is 10.2 Å². The maximum absolute atomic E-state index is 8.49. The Kier molecular flexibility index (Phi) is 4.39. The van der Waals surface area contributed by atoms with Gasteiger partial charge in [0, 0.05) is 0 Å². The minimum absolute atomic E-state index is 0.378. The summed E-state index contributed by atoms with van der Waals surface area (Å²) in [7, 11) is 1.62. The molecule has 0 aliphatic heterocycles. The molecule has 1 aromatic carbocycles. The third kappa shape index (κ3) is 3.12. The first kappa shape index (κ1) is 12.7. The summed E-state index contributed by atoms with van der Waals surface area (Å²) in [6.45, 7) is 0. The summed E-state index contributed by atoms with van der Waals surface area (Å²) in [5.41, 5.74) is 0.841. The highest BCUT2D eigenvalue weighted by atomic mass is 32.2. The molecule has 0 unspecified atom stereocenters. The second kappa shape index (κ2) is 6.23. The molecule has 0 amide bonds. The van der Waals surface area contributed by atoms with Crippen LogP contribution in [0, 0.1) is 11.3 Å². The first-order chi connectivity index (χ1) is 8.83. The van der Waals surface area contributed by atoms with Crippen LogP contribution in [0.5, 0.6) is 5.75 Å². The third-order valence-electron chi connectivity index (χ3n) is 2.02. The van der Waals surface area contributed by atoms with Crippen LogP contribution in [-0.2, 0) is 0 Å². The van der Waals surface area contributed by atoms with Gasteiger partial charge in [-0.25, -0.2) is 0 Å². The molecule has 0 saturated heterocycles. The fourth-order valence-corrected chi connectivity index (χ4v) is 2.70. The summed E-state index contributed by atoms with van der Waals surface area (Å²) in [6, 6.07) is 9.64. The monoisotopic (exact) mass is 278 g/mol. The molecular weight excluding hydrogens is 268 g/mol. The number of aromatic nitrogens is 2. The molecule has 18 heavy (non-hydrogen) atoms. The Labute approximate surface area is 113 Å². The molecule has 0 aliphatic rings. The molecule has 0 spiro atoms. The zero-order valence-electron chi connectivity index (χ0n) is 9.58. The van der Waals surface area contributed by atoms with Crippen molar-refractivity contribution >= 4 is 33.9 Å². The zero-order valence-corrected chi connectivity index (χ0v) is 11.2. The highest BCUT2D eigenvalue weighted by Crippen LogP contribution is 2.31. The van der Waals surface area contributed by atoms with E-state index in [-0.39, 0.29) is 0 Å². The van der Waals surface area contributed by atoms with Crippen LogP contribution < -0.4 is 10.1 Å². The summed E-state index contributed by atoms with van der Waals surface area (Å²) in [4.78, 5) is 0. The molecule has 5 nitrogen and oxygen atoms in total. The van der Waals surface area contributed by atoms with Crippen LogP contribution in [0.25, 0.3) is 0 Å². The van der Waals surface area contributed by atoms with E-state index in [4.69, 9.17) is 10.00 Å². The molecule has 1 aromatic heterocycles. The van der Waals surface area contributed by atoms with Gasteiger partial charge in [-0.3, -0.25) is 0 Å². The van der Waals surface area contributed by atoms with Crippen LogP contribution >= 0.6 is 23.1 Å². The number of methoxy groups -OCH3 is 1. The van der Waals surface area contributed by atoms with Crippen LogP contribution in [-0.4, -0.2) is 23.1 Å². The maximum atomic E-state index is 8.49. The van der Waals surface area contributed by atoms with Gasteiger partial charge in [0.15, 0.2) is 4.34 Å². The Balaban J connectivity index is 2.09. The van der Waals surface area contributed by atoms with Crippen LogP contribution in [0.15, 0.2) is 28.6 Å². The number of hydrogen-bond acceptors (Lipinski definition) is 7. The van der Waals surface area contributed by atoms with Gasteiger partial charge in [0.1, 0.15) is 5.75 Å². The molecule has 0 radical (unpaired) electrons. The number of benzene rings is 1. The van der Waals surface area contributed by atoms with E-state index in [9.17, 15) is 0 Å². The van der Waals surface area contributed by atoms with Crippen molar-refractivity contribution in [2.75, 3.05) is 18.2 Å². The number of anilines is 2. The van der Waals surface area contributed by atoms with Crippen molar-refractivity contribution in [3.8, 4) is 11.8 Å². The Hall–Kier alpha value is -1.78. The Morgan fingerprint density at radius 1 is 1.44 bits per heavy atom. The minimum atomic E-state index is 0.378. The second-order valence-electron chi connectivity index (χ2n) is 3.15. The first-order valence-corrected chi connectivity index (χ1v) is 6.87. The largest absolute Gasteiger partial charge is 0.495 e. The Morgan fingerprint density at radius 3 is 3.06 bits per heavy atom.